The molecule has 0 bridgehead atoms. The first kappa shape index (κ1) is 15.6. The van der Waals surface area contributed by atoms with Gasteiger partial charge in [0.05, 0.1) is 5.25 Å². The molecule has 2 heterocycles. The highest BCUT2D eigenvalue weighted by molar-refractivity contribution is 7.91. The van der Waals surface area contributed by atoms with Gasteiger partial charge in [-0.15, -0.1) is 12.4 Å². The number of halogens is 2. The smallest absolute Gasteiger partial charge is 0.248 e. The van der Waals surface area contributed by atoms with Gasteiger partial charge in [-0.3, -0.25) is 0 Å². The van der Waals surface area contributed by atoms with Crippen LogP contribution in [0.5, 0.6) is 0 Å². The maximum absolute atomic E-state index is 12.2. The van der Waals surface area contributed by atoms with Crippen LogP contribution in [0.3, 0.4) is 0 Å². The van der Waals surface area contributed by atoms with E-state index >= 15 is 0 Å². The fourth-order valence-corrected chi connectivity index (χ4v) is 3.49. The molecule has 5 nitrogen and oxygen atoms in total. The van der Waals surface area contributed by atoms with Crippen molar-refractivity contribution in [3.8, 4) is 0 Å². The van der Waals surface area contributed by atoms with Gasteiger partial charge in [0.2, 0.25) is 15.0 Å². The maximum Gasteiger partial charge on any atom is 0.248 e. The van der Waals surface area contributed by atoms with Crippen molar-refractivity contribution >= 4 is 33.8 Å². The quantitative estimate of drug-likeness (QED) is 0.660. The lowest BCUT2D eigenvalue weighted by molar-refractivity contribution is 0.493. The number of nitrogens with one attached hydrogen (secondary N) is 1. The zero-order valence-electron chi connectivity index (χ0n) is 9.89. The highest BCUT2D eigenvalue weighted by Crippen LogP contribution is 2.20. The van der Waals surface area contributed by atoms with Crippen LogP contribution in [0.25, 0.3) is 0 Å². The van der Waals surface area contributed by atoms with E-state index in [-0.39, 0.29) is 22.7 Å². The topological polar surface area (TPSA) is 72.0 Å². The third-order valence-corrected chi connectivity index (χ3v) is 5.20. The molecule has 2 rings (SSSR count). The minimum atomic E-state index is -3.47. The molecule has 8 heteroatoms. The summed E-state index contributed by atoms with van der Waals surface area (Å²) in [5.74, 6) is 0. The van der Waals surface area contributed by atoms with E-state index in [9.17, 15) is 8.42 Å². The predicted octanol–water partition coefficient (Wildman–Crippen LogP) is 1.39. The molecule has 1 unspecified atom stereocenters. The Morgan fingerprint density at radius 2 is 2.22 bits per heavy atom. The summed E-state index contributed by atoms with van der Waals surface area (Å²) in [6, 6.07) is 0. The van der Waals surface area contributed by atoms with Crippen molar-refractivity contribution in [2.45, 2.75) is 30.2 Å². The number of piperidine rings is 1. The Kier molecular flexibility index (Phi) is 5.33. The zero-order chi connectivity index (χ0) is 12.5. The van der Waals surface area contributed by atoms with Crippen molar-refractivity contribution in [1.29, 1.82) is 0 Å². The summed E-state index contributed by atoms with van der Waals surface area (Å²) in [6.45, 7) is 3.06. The molecule has 1 aromatic heterocycles. The molecule has 1 fully saturated rings. The second-order valence-corrected chi connectivity index (χ2v) is 6.62. The zero-order valence-corrected chi connectivity index (χ0v) is 12.3. The summed E-state index contributed by atoms with van der Waals surface area (Å²) in [4.78, 5) is 7.73. The lowest BCUT2D eigenvalue weighted by atomic mass is 10.2. The minimum Gasteiger partial charge on any atom is -0.315 e. The molecule has 1 N–H and O–H groups in total. The molecule has 1 aliphatic rings. The Morgan fingerprint density at radius 1 is 1.50 bits per heavy atom. The van der Waals surface area contributed by atoms with Crippen molar-refractivity contribution in [1.82, 2.24) is 15.3 Å². The molecule has 0 aliphatic carbocycles. The average Bonchev–Trinajstić information content (AvgIpc) is 2.33. The van der Waals surface area contributed by atoms with Gasteiger partial charge in [0.25, 0.3) is 0 Å². The van der Waals surface area contributed by atoms with Crippen molar-refractivity contribution in [2.24, 2.45) is 0 Å². The third kappa shape index (κ3) is 3.12. The van der Waals surface area contributed by atoms with E-state index in [0.717, 1.165) is 13.0 Å². The molecular weight excluding hydrogens is 297 g/mol. The van der Waals surface area contributed by atoms with Gasteiger partial charge in [-0.05, 0) is 26.3 Å². The van der Waals surface area contributed by atoms with Crippen molar-refractivity contribution in [3.05, 3.63) is 16.9 Å². The van der Waals surface area contributed by atoms with Crippen LogP contribution in [0.4, 0.5) is 0 Å². The standard InChI is InChI=1S/C10H14ClN3O2S.ClH/c1-7-5-13-10(14-9(7)11)17(15,16)8-3-2-4-12-6-8;/h5,8,12H,2-4,6H2,1H3;1H. The number of sulfone groups is 1. The van der Waals surface area contributed by atoms with Gasteiger partial charge < -0.3 is 5.32 Å². The maximum atomic E-state index is 12.2. The van der Waals surface area contributed by atoms with Crippen LogP contribution in [-0.4, -0.2) is 36.7 Å². The predicted molar refractivity (Wildman–Crippen MR) is 72.1 cm³/mol. The fourth-order valence-electron chi connectivity index (χ4n) is 1.78. The molecule has 0 saturated carbocycles. The van der Waals surface area contributed by atoms with E-state index in [1.807, 2.05) is 0 Å². The summed E-state index contributed by atoms with van der Waals surface area (Å²) in [5.41, 5.74) is 0.674. The Morgan fingerprint density at radius 3 is 2.78 bits per heavy atom. The fraction of sp³-hybridized carbons (Fsp3) is 0.600. The highest BCUT2D eigenvalue weighted by Gasteiger charge is 2.31. The Balaban J connectivity index is 0.00000162. The van der Waals surface area contributed by atoms with E-state index in [4.69, 9.17) is 11.6 Å². The van der Waals surface area contributed by atoms with Crippen molar-refractivity contribution < 1.29 is 8.42 Å². The normalized spacial score (nSPS) is 20.2. The Hall–Kier alpha value is -0.430. The molecule has 0 amide bonds. The highest BCUT2D eigenvalue weighted by atomic mass is 35.5. The van der Waals surface area contributed by atoms with Crippen LogP contribution in [0.15, 0.2) is 11.4 Å². The summed E-state index contributed by atoms with van der Waals surface area (Å²) in [6.07, 6.45) is 2.94. The van der Waals surface area contributed by atoms with E-state index in [0.29, 0.717) is 18.5 Å². The van der Waals surface area contributed by atoms with Gasteiger partial charge in [0.15, 0.2) is 0 Å². The van der Waals surface area contributed by atoms with Gasteiger partial charge in [-0.25, -0.2) is 18.4 Å². The van der Waals surface area contributed by atoms with Crippen LogP contribution < -0.4 is 5.32 Å². The molecule has 18 heavy (non-hydrogen) atoms. The monoisotopic (exact) mass is 311 g/mol. The third-order valence-electron chi connectivity index (χ3n) is 2.83. The largest absolute Gasteiger partial charge is 0.315 e. The van der Waals surface area contributed by atoms with E-state index in [1.165, 1.54) is 6.20 Å². The van der Waals surface area contributed by atoms with Crippen LogP contribution in [-0.2, 0) is 9.84 Å². The van der Waals surface area contributed by atoms with Gasteiger partial charge >= 0.3 is 0 Å². The van der Waals surface area contributed by atoms with E-state index < -0.39 is 15.1 Å². The summed E-state index contributed by atoms with van der Waals surface area (Å²) in [7, 11) is -3.47. The van der Waals surface area contributed by atoms with Crippen LogP contribution in [0.2, 0.25) is 5.15 Å². The van der Waals surface area contributed by atoms with Crippen molar-refractivity contribution in [3.63, 3.8) is 0 Å². The van der Waals surface area contributed by atoms with E-state index in [1.54, 1.807) is 6.92 Å². The van der Waals surface area contributed by atoms with Crippen LogP contribution >= 0.6 is 24.0 Å². The molecule has 102 valence electrons. The number of aromatic nitrogens is 2. The number of hydrogen-bond donors (Lipinski definition) is 1. The first-order valence-corrected chi connectivity index (χ1v) is 7.38. The molecule has 0 aromatic carbocycles. The van der Waals surface area contributed by atoms with Crippen LogP contribution in [0, 0.1) is 6.92 Å². The first-order chi connectivity index (χ1) is 8.01. The molecule has 1 aliphatic heterocycles. The minimum absolute atomic E-state index is 0. The van der Waals surface area contributed by atoms with Crippen LogP contribution in [0.1, 0.15) is 18.4 Å². The molecule has 0 radical (unpaired) electrons. The molecule has 1 aromatic rings. The molecule has 1 saturated heterocycles. The average molecular weight is 312 g/mol. The summed E-state index contributed by atoms with van der Waals surface area (Å²) < 4.78 is 24.5. The second kappa shape index (κ2) is 6.14. The van der Waals surface area contributed by atoms with Crippen molar-refractivity contribution in [2.75, 3.05) is 13.1 Å². The summed E-state index contributed by atoms with van der Waals surface area (Å²) >= 11 is 5.83. The molecule has 1 atom stereocenters. The lowest BCUT2D eigenvalue weighted by Gasteiger charge is -2.21. The Labute approximate surface area is 118 Å². The van der Waals surface area contributed by atoms with E-state index in [2.05, 4.69) is 15.3 Å². The number of aryl methyl sites for hydroxylation is 1. The summed E-state index contributed by atoms with van der Waals surface area (Å²) in [5, 5.41) is 2.65. The first-order valence-electron chi connectivity index (χ1n) is 5.45. The number of rotatable bonds is 2. The molecular formula is C10H15Cl2N3O2S. The van der Waals surface area contributed by atoms with Gasteiger partial charge in [-0.2, -0.15) is 0 Å². The lowest BCUT2D eigenvalue weighted by Crippen LogP contribution is -2.39. The second-order valence-electron chi connectivity index (χ2n) is 4.14. The van der Waals surface area contributed by atoms with Gasteiger partial charge in [-0.1, -0.05) is 11.6 Å². The Bertz CT molecular complexity index is 516. The van der Waals surface area contributed by atoms with Gasteiger partial charge in [0, 0.05) is 18.3 Å². The number of hydrogen-bond acceptors (Lipinski definition) is 5. The SMILES string of the molecule is Cc1cnc(S(=O)(=O)C2CCCNC2)nc1Cl.Cl. The van der Waals surface area contributed by atoms with Gasteiger partial charge in [0.1, 0.15) is 5.15 Å². The molecule has 0 spiro atoms. The number of nitrogens with zero attached hydrogens (tertiary/aromatic N) is 2.